The Balaban J connectivity index is 1.87. The SMILES string of the molecule is O=C(O)CCCCCCCCCCC(=O)OCc1ccccc1. The van der Waals surface area contributed by atoms with E-state index in [2.05, 4.69) is 0 Å². The van der Waals surface area contributed by atoms with Gasteiger partial charge in [0.05, 0.1) is 0 Å². The van der Waals surface area contributed by atoms with Gasteiger partial charge in [-0.1, -0.05) is 68.9 Å². The van der Waals surface area contributed by atoms with E-state index in [1.54, 1.807) is 0 Å². The second kappa shape index (κ2) is 12.7. The van der Waals surface area contributed by atoms with Crippen molar-refractivity contribution < 1.29 is 19.4 Å². The highest BCUT2D eigenvalue weighted by Crippen LogP contribution is 2.11. The molecular formula is C19H28O4. The lowest BCUT2D eigenvalue weighted by Crippen LogP contribution is -2.04. The molecule has 0 bridgehead atoms. The molecule has 0 fully saturated rings. The highest BCUT2D eigenvalue weighted by molar-refractivity contribution is 5.69. The summed E-state index contributed by atoms with van der Waals surface area (Å²) < 4.78 is 5.23. The maximum absolute atomic E-state index is 11.6. The normalized spacial score (nSPS) is 10.4. The maximum atomic E-state index is 11.6. The molecule has 0 saturated carbocycles. The molecule has 0 aliphatic heterocycles. The number of carbonyl (C=O) groups is 2. The van der Waals surface area contributed by atoms with Gasteiger partial charge in [-0.25, -0.2) is 0 Å². The van der Waals surface area contributed by atoms with Crippen LogP contribution in [-0.4, -0.2) is 17.0 Å². The zero-order valence-corrected chi connectivity index (χ0v) is 13.8. The number of ether oxygens (including phenoxy) is 1. The minimum atomic E-state index is -0.704. The van der Waals surface area contributed by atoms with Gasteiger partial charge in [-0.15, -0.1) is 0 Å². The number of rotatable bonds is 13. The summed E-state index contributed by atoms with van der Waals surface area (Å²) in [4.78, 5) is 22.0. The van der Waals surface area contributed by atoms with Crippen LogP contribution in [0, 0.1) is 0 Å². The molecule has 23 heavy (non-hydrogen) atoms. The Morgan fingerprint density at radius 1 is 0.783 bits per heavy atom. The summed E-state index contributed by atoms with van der Waals surface area (Å²) in [5.41, 5.74) is 1.02. The molecule has 0 atom stereocenters. The second-order valence-corrected chi connectivity index (χ2v) is 5.87. The van der Waals surface area contributed by atoms with E-state index in [9.17, 15) is 9.59 Å². The Kier molecular flexibility index (Phi) is 10.6. The molecule has 1 rings (SSSR count). The molecule has 0 aliphatic rings. The van der Waals surface area contributed by atoms with Gasteiger partial charge in [0, 0.05) is 12.8 Å². The number of hydrogen-bond acceptors (Lipinski definition) is 3. The summed E-state index contributed by atoms with van der Waals surface area (Å²) in [6.07, 6.45) is 9.03. The summed E-state index contributed by atoms with van der Waals surface area (Å²) in [5, 5.41) is 8.52. The Morgan fingerprint density at radius 2 is 1.30 bits per heavy atom. The van der Waals surface area contributed by atoms with Crippen LogP contribution in [0.25, 0.3) is 0 Å². The van der Waals surface area contributed by atoms with Crippen molar-refractivity contribution in [3.63, 3.8) is 0 Å². The molecular weight excluding hydrogens is 292 g/mol. The highest BCUT2D eigenvalue weighted by Gasteiger charge is 2.03. The third-order valence-electron chi connectivity index (χ3n) is 3.76. The predicted octanol–water partition coefficient (Wildman–Crippen LogP) is 4.72. The standard InChI is InChI=1S/C19H28O4/c20-18(21)14-10-5-3-1-2-4-6-11-15-19(22)23-16-17-12-8-7-9-13-17/h7-9,12-13H,1-6,10-11,14-16H2,(H,20,21). The largest absolute Gasteiger partial charge is 0.481 e. The fourth-order valence-corrected chi connectivity index (χ4v) is 2.42. The number of benzene rings is 1. The first-order chi connectivity index (χ1) is 11.2. The van der Waals surface area contributed by atoms with Gasteiger partial charge in [0.1, 0.15) is 6.61 Å². The fourth-order valence-electron chi connectivity index (χ4n) is 2.42. The molecule has 0 aromatic heterocycles. The monoisotopic (exact) mass is 320 g/mol. The van der Waals surface area contributed by atoms with Gasteiger partial charge in [0.25, 0.3) is 0 Å². The Morgan fingerprint density at radius 3 is 1.87 bits per heavy atom. The van der Waals surface area contributed by atoms with Crippen molar-refractivity contribution in [2.75, 3.05) is 0 Å². The van der Waals surface area contributed by atoms with Crippen molar-refractivity contribution >= 4 is 11.9 Å². The maximum Gasteiger partial charge on any atom is 0.306 e. The van der Waals surface area contributed by atoms with Crippen molar-refractivity contribution in [1.29, 1.82) is 0 Å². The van der Waals surface area contributed by atoms with E-state index >= 15 is 0 Å². The minimum Gasteiger partial charge on any atom is -0.481 e. The molecule has 0 radical (unpaired) electrons. The second-order valence-electron chi connectivity index (χ2n) is 5.87. The van der Waals surface area contributed by atoms with Crippen LogP contribution in [0.4, 0.5) is 0 Å². The number of unbranched alkanes of at least 4 members (excludes halogenated alkanes) is 7. The number of hydrogen-bond donors (Lipinski definition) is 1. The van der Waals surface area contributed by atoms with E-state index in [1.807, 2.05) is 30.3 Å². The third kappa shape index (κ3) is 11.4. The molecule has 0 heterocycles. The zero-order chi connectivity index (χ0) is 16.8. The first kappa shape index (κ1) is 19.2. The number of carboxylic acids is 1. The van der Waals surface area contributed by atoms with E-state index in [0.717, 1.165) is 56.9 Å². The van der Waals surface area contributed by atoms with E-state index in [-0.39, 0.29) is 12.4 Å². The summed E-state index contributed by atoms with van der Waals surface area (Å²) in [7, 11) is 0. The molecule has 1 N–H and O–H groups in total. The summed E-state index contributed by atoms with van der Waals surface area (Å²) in [5.74, 6) is -0.827. The summed E-state index contributed by atoms with van der Waals surface area (Å²) in [6, 6.07) is 9.71. The Bertz CT molecular complexity index is 442. The molecule has 1 aromatic carbocycles. The van der Waals surface area contributed by atoms with Gasteiger partial charge in [-0.2, -0.15) is 0 Å². The van der Waals surface area contributed by atoms with E-state index in [4.69, 9.17) is 9.84 Å². The Labute approximate surface area is 138 Å². The number of carbonyl (C=O) groups excluding carboxylic acids is 1. The van der Waals surface area contributed by atoms with Gasteiger partial charge in [0.15, 0.2) is 0 Å². The van der Waals surface area contributed by atoms with Gasteiger partial charge >= 0.3 is 11.9 Å². The van der Waals surface area contributed by atoms with Crippen LogP contribution in [0.1, 0.15) is 69.8 Å². The number of aliphatic carboxylic acids is 1. The average Bonchev–Trinajstić information content (AvgIpc) is 2.55. The molecule has 0 amide bonds. The molecule has 0 unspecified atom stereocenters. The summed E-state index contributed by atoms with van der Waals surface area (Å²) >= 11 is 0. The molecule has 0 saturated heterocycles. The van der Waals surface area contributed by atoms with Crippen LogP contribution >= 0.6 is 0 Å². The van der Waals surface area contributed by atoms with Crippen LogP contribution in [0.5, 0.6) is 0 Å². The minimum absolute atomic E-state index is 0.123. The quantitative estimate of drug-likeness (QED) is 0.422. The van der Waals surface area contributed by atoms with Crippen molar-refractivity contribution in [3.05, 3.63) is 35.9 Å². The lowest BCUT2D eigenvalue weighted by Gasteiger charge is -2.05. The van der Waals surface area contributed by atoms with Gasteiger partial charge < -0.3 is 9.84 Å². The lowest BCUT2D eigenvalue weighted by molar-refractivity contribution is -0.145. The summed E-state index contributed by atoms with van der Waals surface area (Å²) in [6.45, 7) is 0.357. The van der Waals surface area contributed by atoms with E-state index in [0.29, 0.717) is 13.0 Å². The van der Waals surface area contributed by atoms with Crippen LogP contribution in [0.2, 0.25) is 0 Å². The predicted molar refractivity (Wildman–Crippen MR) is 90.0 cm³/mol. The first-order valence-corrected chi connectivity index (χ1v) is 8.60. The van der Waals surface area contributed by atoms with Crippen LogP contribution in [-0.2, 0) is 20.9 Å². The fraction of sp³-hybridized carbons (Fsp3) is 0.579. The molecule has 4 nitrogen and oxygen atoms in total. The van der Waals surface area contributed by atoms with Crippen LogP contribution in [0.3, 0.4) is 0 Å². The van der Waals surface area contributed by atoms with Crippen molar-refractivity contribution in [2.24, 2.45) is 0 Å². The molecule has 0 spiro atoms. The zero-order valence-electron chi connectivity index (χ0n) is 13.8. The van der Waals surface area contributed by atoms with Crippen molar-refractivity contribution in [1.82, 2.24) is 0 Å². The molecule has 4 heteroatoms. The lowest BCUT2D eigenvalue weighted by atomic mass is 10.1. The average molecular weight is 320 g/mol. The van der Waals surface area contributed by atoms with Gasteiger partial charge in [-0.3, -0.25) is 9.59 Å². The topological polar surface area (TPSA) is 63.6 Å². The first-order valence-electron chi connectivity index (χ1n) is 8.60. The van der Waals surface area contributed by atoms with E-state index in [1.165, 1.54) is 0 Å². The van der Waals surface area contributed by atoms with Gasteiger partial charge in [0.2, 0.25) is 0 Å². The Hall–Kier alpha value is -1.84. The molecule has 0 aliphatic carbocycles. The van der Waals surface area contributed by atoms with Crippen LogP contribution < -0.4 is 0 Å². The number of esters is 1. The molecule has 128 valence electrons. The smallest absolute Gasteiger partial charge is 0.306 e. The van der Waals surface area contributed by atoms with Crippen molar-refractivity contribution in [2.45, 2.75) is 70.8 Å². The number of carboxylic acid groups (broad SMARTS) is 1. The van der Waals surface area contributed by atoms with Crippen LogP contribution in [0.15, 0.2) is 30.3 Å². The molecule has 1 aromatic rings. The third-order valence-corrected chi connectivity index (χ3v) is 3.76. The van der Waals surface area contributed by atoms with Gasteiger partial charge in [-0.05, 0) is 18.4 Å². The van der Waals surface area contributed by atoms with E-state index < -0.39 is 5.97 Å². The van der Waals surface area contributed by atoms with Crippen molar-refractivity contribution in [3.8, 4) is 0 Å². The highest BCUT2D eigenvalue weighted by atomic mass is 16.5.